The minimum Gasteiger partial charge on any atom is -0.494 e. The van der Waals surface area contributed by atoms with E-state index in [1.807, 2.05) is 31.2 Å². The number of para-hydroxylation sites is 2. The predicted octanol–water partition coefficient (Wildman–Crippen LogP) is 2.32. The molecule has 90 valence electrons. The van der Waals surface area contributed by atoms with Gasteiger partial charge in [-0.15, -0.1) is 0 Å². The Bertz CT molecular complexity index is 460. The van der Waals surface area contributed by atoms with Crippen molar-refractivity contribution >= 4 is 28.5 Å². The highest BCUT2D eigenvalue weighted by molar-refractivity contribution is 8.15. The Balaban J connectivity index is 2.23. The van der Waals surface area contributed by atoms with Crippen LogP contribution in [0.3, 0.4) is 0 Å². The number of rotatable bonds is 3. The maximum atomic E-state index is 11.5. The molecule has 0 saturated carbocycles. The van der Waals surface area contributed by atoms with Gasteiger partial charge in [-0.1, -0.05) is 30.8 Å². The molecule has 1 atom stereocenters. The molecule has 1 unspecified atom stereocenters. The van der Waals surface area contributed by atoms with Crippen LogP contribution in [-0.4, -0.2) is 23.4 Å². The van der Waals surface area contributed by atoms with E-state index in [1.54, 1.807) is 7.11 Å². The van der Waals surface area contributed by atoms with Crippen molar-refractivity contribution in [2.45, 2.75) is 18.6 Å². The van der Waals surface area contributed by atoms with Gasteiger partial charge >= 0.3 is 0 Å². The fraction of sp³-hybridized carbons (Fsp3) is 0.333. The second-order valence-corrected chi connectivity index (χ2v) is 4.78. The SMILES string of the molecule is CCC1SC(=Nc2ccccc2OC)NC1=O. The van der Waals surface area contributed by atoms with E-state index in [-0.39, 0.29) is 11.2 Å². The molecule has 0 aromatic heterocycles. The number of carbonyl (C=O) groups is 1. The Morgan fingerprint density at radius 3 is 2.88 bits per heavy atom. The van der Waals surface area contributed by atoms with Crippen LogP contribution in [0.5, 0.6) is 5.75 Å². The van der Waals surface area contributed by atoms with Gasteiger partial charge in [-0.25, -0.2) is 4.99 Å². The first-order valence-corrected chi connectivity index (χ1v) is 6.31. The second-order valence-electron chi connectivity index (χ2n) is 3.59. The van der Waals surface area contributed by atoms with Gasteiger partial charge in [0, 0.05) is 0 Å². The number of methoxy groups -OCH3 is 1. The van der Waals surface area contributed by atoms with Gasteiger partial charge in [0.15, 0.2) is 5.17 Å². The maximum Gasteiger partial charge on any atom is 0.239 e. The molecule has 1 amide bonds. The Kier molecular flexibility index (Phi) is 3.68. The van der Waals surface area contributed by atoms with Crippen LogP contribution in [0, 0.1) is 0 Å². The molecule has 5 heteroatoms. The lowest BCUT2D eigenvalue weighted by atomic mass is 10.3. The van der Waals surface area contributed by atoms with Gasteiger partial charge in [0.1, 0.15) is 11.4 Å². The van der Waals surface area contributed by atoms with Gasteiger partial charge in [0.2, 0.25) is 5.91 Å². The van der Waals surface area contributed by atoms with E-state index in [1.165, 1.54) is 11.8 Å². The Morgan fingerprint density at radius 2 is 2.24 bits per heavy atom. The van der Waals surface area contributed by atoms with Crippen molar-refractivity contribution in [2.24, 2.45) is 4.99 Å². The van der Waals surface area contributed by atoms with Crippen molar-refractivity contribution in [3.63, 3.8) is 0 Å². The predicted molar refractivity (Wildman–Crippen MR) is 69.9 cm³/mol. The van der Waals surface area contributed by atoms with E-state index >= 15 is 0 Å². The van der Waals surface area contributed by atoms with Crippen LogP contribution in [0.25, 0.3) is 0 Å². The smallest absolute Gasteiger partial charge is 0.239 e. The fourth-order valence-electron chi connectivity index (χ4n) is 1.56. The summed E-state index contributed by atoms with van der Waals surface area (Å²) in [5.74, 6) is 0.737. The van der Waals surface area contributed by atoms with Crippen LogP contribution in [0.1, 0.15) is 13.3 Å². The largest absolute Gasteiger partial charge is 0.494 e. The molecular weight excluding hydrogens is 236 g/mol. The van der Waals surface area contributed by atoms with Gasteiger partial charge in [-0.05, 0) is 18.6 Å². The lowest BCUT2D eigenvalue weighted by Gasteiger charge is -2.03. The third kappa shape index (κ3) is 2.61. The maximum absolute atomic E-state index is 11.5. The number of ether oxygens (including phenoxy) is 1. The van der Waals surface area contributed by atoms with Crippen LogP contribution in [-0.2, 0) is 4.79 Å². The minimum atomic E-state index is -0.0246. The third-order valence-electron chi connectivity index (χ3n) is 2.45. The van der Waals surface area contributed by atoms with E-state index in [4.69, 9.17) is 4.74 Å². The summed E-state index contributed by atoms with van der Waals surface area (Å²) < 4.78 is 5.21. The minimum absolute atomic E-state index is 0.0246. The second kappa shape index (κ2) is 5.23. The van der Waals surface area contributed by atoms with E-state index in [2.05, 4.69) is 10.3 Å². The van der Waals surface area contributed by atoms with Crippen LogP contribution in [0.2, 0.25) is 0 Å². The number of amides is 1. The van der Waals surface area contributed by atoms with Crippen molar-refractivity contribution in [3.05, 3.63) is 24.3 Å². The number of amidine groups is 1. The normalized spacial score (nSPS) is 21.6. The molecule has 1 aromatic rings. The van der Waals surface area contributed by atoms with Gasteiger partial charge < -0.3 is 10.1 Å². The first kappa shape index (κ1) is 12.0. The number of carbonyl (C=O) groups excluding carboxylic acids is 1. The number of nitrogens with one attached hydrogen (secondary N) is 1. The quantitative estimate of drug-likeness (QED) is 0.895. The molecule has 2 rings (SSSR count). The lowest BCUT2D eigenvalue weighted by molar-refractivity contribution is -0.118. The molecule has 1 aliphatic rings. The van der Waals surface area contributed by atoms with Crippen LogP contribution in [0.4, 0.5) is 5.69 Å². The fourth-order valence-corrected chi connectivity index (χ4v) is 2.47. The molecule has 17 heavy (non-hydrogen) atoms. The lowest BCUT2D eigenvalue weighted by Crippen LogP contribution is -2.24. The molecule has 0 bridgehead atoms. The highest BCUT2D eigenvalue weighted by Crippen LogP contribution is 2.30. The van der Waals surface area contributed by atoms with Crippen molar-refractivity contribution in [1.82, 2.24) is 5.32 Å². The average molecular weight is 250 g/mol. The summed E-state index contributed by atoms with van der Waals surface area (Å²) in [4.78, 5) is 15.9. The first-order valence-electron chi connectivity index (χ1n) is 5.43. The zero-order valence-corrected chi connectivity index (χ0v) is 10.6. The van der Waals surface area contributed by atoms with Crippen molar-refractivity contribution in [1.29, 1.82) is 0 Å². The van der Waals surface area contributed by atoms with E-state index in [0.717, 1.165) is 12.1 Å². The zero-order chi connectivity index (χ0) is 12.3. The van der Waals surface area contributed by atoms with Gasteiger partial charge in [-0.2, -0.15) is 0 Å². The molecule has 0 spiro atoms. The summed E-state index contributed by atoms with van der Waals surface area (Å²) in [7, 11) is 1.61. The zero-order valence-electron chi connectivity index (χ0n) is 9.77. The number of nitrogens with zero attached hydrogens (tertiary/aromatic N) is 1. The third-order valence-corrected chi connectivity index (χ3v) is 3.70. The van der Waals surface area contributed by atoms with Crippen molar-refractivity contribution in [2.75, 3.05) is 7.11 Å². The van der Waals surface area contributed by atoms with E-state index < -0.39 is 0 Å². The topological polar surface area (TPSA) is 50.7 Å². The number of benzene rings is 1. The summed E-state index contributed by atoms with van der Waals surface area (Å²) in [5.41, 5.74) is 0.731. The van der Waals surface area contributed by atoms with Crippen LogP contribution >= 0.6 is 11.8 Å². The van der Waals surface area contributed by atoms with Crippen LogP contribution < -0.4 is 10.1 Å². The molecule has 1 aromatic carbocycles. The highest BCUT2D eigenvalue weighted by Gasteiger charge is 2.28. The molecule has 1 aliphatic heterocycles. The van der Waals surface area contributed by atoms with Crippen molar-refractivity contribution < 1.29 is 9.53 Å². The molecule has 1 fully saturated rings. The summed E-state index contributed by atoms with van der Waals surface area (Å²) in [5, 5.41) is 3.39. The molecule has 1 heterocycles. The summed E-state index contributed by atoms with van der Waals surface area (Å²) in [6.45, 7) is 1.99. The Hall–Kier alpha value is -1.49. The number of aliphatic imine (C=N–C) groups is 1. The van der Waals surface area contributed by atoms with Gasteiger partial charge in [0.05, 0.1) is 12.4 Å². The van der Waals surface area contributed by atoms with E-state index in [0.29, 0.717) is 10.9 Å². The van der Waals surface area contributed by atoms with Gasteiger partial charge in [-0.3, -0.25) is 4.79 Å². The summed E-state index contributed by atoms with van der Waals surface area (Å²) in [6.07, 6.45) is 0.807. The standard InChI is InChI=1S/C12H14N2O2S/c1-3-10-11(15)14-12(17-10)13-8-6-4-5-7-9(8)16-2/h4-7,10H,3H2,1-2H3,(H,13,14,15). The molecule has 0 aliphatic carbocycles. The molecular formula is C12H14N2O2S. The highest BCUT2D eigenvalue weighted by atomic mass is 32.2. The van der Waals surface area contributed by atoms with Crippen LogP contribution in [0.15, 0.2) is 29.3 Å². The number of hydrogen-bond acceptors (Lipinski definition) is 4. The molecule has 4 nitrogen and oxygen atoms in total. The summed E-state index contributed by atoms with van der Waals surface area (Å²) in [6, 6.07) is 7.48. The number of thioether (sulfide) groups is 1. The van der Waals surface area contributed by atoms with E-state index in [9.17, 15) is 4.79 Å². The molecule has 0 radical (unpaired) electrons. The van der Waals surface area contributed by atoms with Crippen molar-refractivity contribution in [3.8, 4) is 5.75 Å². The summed E-state index contributed by atoms with van der Waals surface area (Å²) >= 11 is 1.47. The monoisotopic (exact) mass is 250 g/mol. The Labute approximate surface area is 104 Å². The number of hydrogen-bond donors (Lipinski definition) is 1. The first-order chi connectivity index (χ1) is 8.24. The van der Waals surface area contributed by atoms with Gasteiger partial charge in [0.25, 0.3) is 0 Å². The molecule has 1 saturated heterocycles. The molecule has 1 N–H and O–H groups in total. The average Bonchev–Trinajstić information content (AvgIpc) is 2.70. The Morgan fingerprint density at radius 1 is 1.47 bits per heavy atom.